The maximum absolute atomic E-state index is 5.04. The van der Waals surface area contributed by atoms with Crippen molar-refractivity contribution in [1.82, 2.24) is 14.9 Å². The number of nitrogens with one attached hydrogen (secondary N) is 1. The summed E-state index contributed by atoms with van der Waals surface area (Å²) in [5, 5.41) is 3.27. The van der Waals surface area contributed by atoms with Crippen LogP contribution in [0.3, 0.4) is 0 Å². The standard InChI is InChI=1S/C14H25N5O/c1-4-18-6-8-19(9-7-18)14-11-13(15-5-10-20-3)16-12(2)17-14/h11H,4-10H2,1-3H3,(H,15,16,17). The number of anilines is 2. The average Bonchev–Trinajstić information content (AvgIpc) is 2.47. The molecule has 1 aromatic heterocycles. The predicted molar refractivity (Wildman–Crippen MR) is 81.5 cm³/mol. The van der Waals surface area contributed by atoms with Gasteiger partial charge in [0.05, 0.1) is 6.61 Å². The van der Waals surface area contributed by atoms with Crippen LogP contribution in [0.1, 0.15) is 12.7 Å². The molecule has 0 atom stereocenters. The lowest BCUT2D eigenvalue weighted by atomic mass is 10.3. The quantitative estimate of drug-likeness (QED) is 0.784. The summed E-state index contributed by atoms with van der Waals surface area (Å²) in [7, 11) is 1.70. The summed E-state index contributed by atoms with van der Waals surface area (Å²) in [6.07, 6.45) is 0. The Labute approximate surface area is 121 Å². The van der Waals surface area contributed by atoms with Crippen LogP contribution in [0.5, 0.6) is 0 Å². The Kier molecular flexibility index (Phi) is 5.55. The molecule has 0 saturated carbocycles. The van der Waals surface area contributed by atoms with Gasteiger partial charge in [0.25, 0.3) is 0 Å². The summed E-state index contributed by atoms with van der Waals surface area (Å²) in [6, 6.07) is 2.03. The number of methoxy groups -OCH3 is 1. The number of nitrogens with zero attached hydrogens (tertiary/aromatic N) is 4. The van der Waals surface area contributed by atoms with Crippen LogP contribution in [0.4, 0.5) is 11.6 Å². The normalized spacial score (nSPS) is 16.4. The summed E-state index contributed by atoms with van der Waals surface area (Å²) in [4.78, 5) is 13.8. The fourth-order valence-corrected chi connectivity index (χ4v) is 2.38. The van der Waals surface area contributed by atoms with Gasteiger partial charge in [-0.2, -0.15) is 0 Å². The third-order valence-corrected chi connectivity index (χ3v) is 3.58. The monoisotopic (exact) mass is 279 g/mol. The van der Waals surface area contributed by atoms with E-state index in [1.807, 2.05) is 13.0 Å². The summed E-state index contributed by atoms with van der Waals surface area (Å²) in [5.74, 6) is 2.70. The minimum Gasteiger partial charge on any atom is -0.383 e. The van der Waals surface area contributed by atoms with Gasteiger partial charge in [0.15, 0.2) is 0 Å². The van der Waals surface area contributed by atoms with Gasteiger partial charge in [0.2, 0.25) is 0 Å². The van der Waals surface area contributed by atoms with E-state index in [4.69, 9.17) is 4.74 Å². The number of piperazine rings is 1. The molecule has 1 N–H and O–H groups in total. The largest absolute Gasteiger partial charge is 0.383 e. The van der Waals surface area contributed by atoms with Gasteiger partial charge in [-0.25, -0.2) is 9.97 Å². The molecule has 1 saturated heterocycles. The first kappa shape index (κ1) is 15.0. The van der Waals surface area contributed by atoms with Crippen molar-refractivity contribution < 1.29 is 4.74 Å². The molecule has 0 unspecified atom stereocenters. The molecule has 20 heavy (non-hydrogen) atoms. The van der Waals surface area contributed by atoms with Gasteiger partial charge in [0, 0.05) is 45.9 Å². The predicted octanol–water partition coefficient (Wildman–Crippen LogP) is 0.985. The topological polar surface area (TPSA) is 53.5 Å². The van der Waals surface area contributed by atoms with Crippen molar-refractivity contribution in [3.05, 3.63) is 11.9 Å². The van der Waals surface area contributed by atoms with Gasteiger partial charge in [-0.15, -0.1) is 0 Å². The molecule has 0 aliphatic carbocycles. The van der Waals surface area contributed by atoms with Crippen molar-refractivity contribution in [3.63, 3.8) is 0 Å². The van der Waals surface area contributed by atoms with E-state index < -0.39 is 0 Å². The first-order valence-electron chi connectivity index (χ1n) is 7.28. The molecule has 1 aromatic rings. The molecule has 0 aromatic carbocycles. The number of ether oxygens (including phenoxy) is 1. The minimum absolute atomic E-state index is 0.674. The van der Waals surface area contributed by atoms with Gasteiger partial charge in [-0.1, -0.05) is 6.92 Å². The van der Waals surface area contributed by atoms with E-state index in [2.05, 4.69) is 32.0 Å². The van der Waals surface area contributed by atoms with Gasteiger partial charge < -0.3 is 19.9 Å². The molecule has 6 heteroatoms. The molecule has 2 heterocycles. The van der Waals surface area contributed by atoms with Gasteiger partial charge in [-0.05, 0) is 13.5 Å². The maximum Gasteiger partial charge on any atom is 0.134 e. The molecule has 6 nitrogen and oxygen atoms in total. The zero-order valence-corrected chi connectivity index (χ0v) is 12.7. The molecule has 0 radical (unpaired) electrons. The minimum atomic E-state index is 0.674. The van der Waals surface area contributed by atoms with Crippen molar-refractivity contribution in [1.29, 1.82) is 0 Å². The highest BCUT2D eigenvalue weighted by molar-refractivity contribution is 5.49. The second-order valence-corrected chi connectivity index (χ2v) is 5.00. The number of likely N-dealkylation sites (N-methyl/N-ethyl adjacent to an activating group) is 1. The van der Waals surface area contributed by atoms with Crippen LogP contribution in [-0.2, 0) is 4.74 Å². The Morgan fingerprint density at radius 1 is 1.25 bits per heavy atom. The second-order valence-electron chi connectivity index (χ2n) is 5.00. The van der Waals surface area contributed by atoms with E-state index in [0.717, 1.165) is 56.7 Å². The highest BCUT2D eigenvalue weighted by atomic mass is 16.5. The molecule has 1 aliphatic heterocycles. The van der Waals surface area contributed by atoms with E-state index in [9.17, 15) is 0 Å². The first-order chi connectivity index (χ1) is 9.72. The molecule has 2 rings (SSSR count). The van der Waals surface area contributed by atoms with Crippen molar-refractivity contribution in [2.75, 3.05) is 63.2 Å². The maximum atomic E-state index is 5.04. The molecule has 0 amide bonds. The van der Waals surface area contributed by atoms with Crippen molar-refractivity contribution in [2.45, 2.75) is 13.8 Å². The van der Waals surface area contributed by atoms with Crippen LogP contribution in [0.15, 0.2) is 6.07 Å². The summed E-state index contributed by atoms with van der Waals surface area (Å²) in [6.45, 7) is 11.0. The van der Waals surface area contributed by atoms with Crippen LogP contribution in [0.2, 0.25) is 0 Å². The summed E-state index contributed by atoms with van der Waals surface area (Å²) in [5.41, 5.74) is 0. The van der Waals surface area contributed by atoms with E-state index in [-0.39, 0.29) is 0 Å². The SMILES string of the molecule is CCN1CCN(c2cc(NCCOC)nc(C)n2)CC1. The lowest BCUT2D eigenvalue weighted by molar-refractivity contribution is 0.210. The number of rotatable bonds is 6. The Hall–Kier alpha value is -1.40. The van der Waals surface area contributed by atoms with E-state index in [1.54, 1.807) is 7.11 Å². The zero-order valence-electron chi connectivity index (χ0n) is 12.7. The Balaban J connectivity index is 2.00. The fourth-order valence-electron chi connectivity index (χ4n) is 2.38. The number of aryl methyl sites for hydroxylation is 1. The number of hydrogen-bond acceptors (Lipinski definition) is 6. The van der Waals surface area contributed by atoms with E-state index >= 15 is 0 Å². The summed E-state index contributed by atoms with van der Waals surface area (Å²) < 4.78 is 5.04. The van der Waals surface area contributed by atoms with Crippen LogP contribution in [0.25, 0.3) is 0 Å². The highest BCUT2D eigenvalue weighted by Crippen LogP contribution is 2.17. The first-order valence-corrected chi connectivity index (χ1v) is 7.28. The Bertz CT molecular complexity index is 418. The molecule has 0 spiro atoms. The molecule has 1 aliphatic rings. The van der Waals surface area contributed by atoms with Crippen LogP contribution in [0, 0.1) is 6.92 Å². The van der Waals surface area contributed by atoms with Crippen LogP contribution >= 0.6 is 0 Å². The summed E-state index contributed by atoms with van der Waals surface area (Å²) >= 11 is 0. The third kappa shape index (κ3) is 4.05. The molecular weight excluding hydrogens is 254 g/mol. The van der Waals surface area contributed by atoms with Crippen LogP contribution in [-0.4, -0.2) is 67.9 Å². The molecule has 0 bridgehead atoms. The number of aromatic nitrogens is 2. The van der Waals surface area contributed by atoms with Crippen molar-refractivity contribution >= 4 is 11.6 Å². The average molecular weight is 279 g/mol. The third-order valence-electron chi connectivity index (χ3n) is 3.58. The number of hydrogen-bond donors (Lipinski definition) is 1. The van der Waals surface area contributed by atoms with Gasteiger partial charge >= 0.3 is 0 Å². The van der Waals surface area contributed by atoms with Crippen LogP contribution < -0.4 is 10.2 Å². The Morgan fingerprint density at radius 2 is 2.00 bits per heavy atom. The van der Waals surface area contributed by atoms with Crippen molar-refractivity contribution in [2.24, 2.45) is 0 Å². The fraction of sp³-hybridized carbons (Fsp3) is 0.714. The molecule has 1 fully saturated rings. The van der Waals surface area contributed by atoms with Gasteiger partial charge in [0.1, 0.15) is 17.5 Å². The Morgan fingerprint density at radius 3 is 2.65 bits per heavy atom. The zero-order chi connectivity index (χ0) is 14.4. The lowest BCUT2D eigenvalue weighted by Crippen LogP contribution is -2.46. The smallest absolute Gasteiger partial charge is 0.134 e. The van der Waals surface area contributed by atoms with E-state index in [0.29, 0.717) is 6.61 Å². The second kappa shape index (κ2) is 7.40. The van der Waals surface area contributed by atoms with E-state index in [1.165, 1.54) is 0 Å². The molecule has 112 valence electrons. The van der Waals surface area contributed by atoms with Gasteiger partial charge in [-0.3, -0.25) is 0 Å². The molecular formula is C14H25N5O. The van der Waals surface area contributed by atoms with Crippen molar-refractivity contribution in [3.8, 4) is 0 Å². The lowest BCUT2D eigenvalue weighted by Gasteiger charge is -2.34. The highest BCUT2D eigenvalue weighted by Gasteiger charge is 2.17.